The molecule has 0 fully saturated rings. The summed E-state index contributed by atoms with van der Waals surface area (Å²) >= 11 is 5.33. The Morgan fingerprint density at radius 1 is 1.44 bits per heavy atom. The minimum absolute atomic E-state index is 0.00695. The van der Waals surface area contributed by atoms with Gasteiger partial charge in [0.2, 0.25) is 0 Å². The molecule has 0 atom stereocenters. The lowest BCUT2D eigenvalue weighted by Gasteiger charge is -2.09. The van der Waals surface area contributed by atoms with Gasteiger partial charge in [0.25, 0.3) is 10.0 Å². The van der Waals surface area contributed by atoms with Crippen LogP contribution in [0.4, 0.5) is 11.5 Å². The average molecular weight is 443 g/mol. The maximum Gasteiger partial charge on any atom is 0.267 e. The Morgan fingerprint density at radius 3 is 2.78 bits per heavy atom. The summed E-state index contributed by atoms with van der Waals surface area (Å²) in [6.07, 6.45) is 1.17. The predicted octanol–water partition coefficient (Wildman–Crippen LogP) is 2.16. The molecule has 0 spiro atoms. The van der Waals surface area contributed by atoms with Gasteiger partial charge in [-0.15, -0.1) is 0 Å². The number of H-pyrrole nitrogens is 1. The highest BCUT2D eigenvalue weighted by Gasteiger charge is 2.20. The van der Waals surface area contributed by atoms with Crippen LogP contribution >= 0.6 is 38.5 Å². The summed E-state index contributed by atoms with van der Waals surface area (Å²) in [6.45, 7) is 0. The van der Waals surface area contributed by atoms with Gasteiger partial charge in [0.1, 0.15) is 10.7 Å². The Balaban J connectivity index is 2.40. The lowest BCUT2D eigenvalue weighted by molar-refractivity contribution is 0.601. The monoisotopic (exact) mass is 442 g/mol. The summed E-state index contributed by atoms with van der Waals surface area (Å²) in [5.74, 6) is 0.00695. The number of anilines is 2. The number of nitrogens with one attached hydrogen (secondary N) is 2. The third-order valence-electron chi connectivity index (χ3n) is 2.09. The Bertz CT molecular complexity index is 686. The number of aromatic amines is 1. The second kappa shape index (κ2) is 5.05. The number of benzene rings is 1. The number of nitrogens with two attached hydrogens (primary N) is 1. The highest BCUT2D eigenvalue weighted by molar-refractivity contribution is 14.1. The predicted molar refractivity (Wildman–Crippen MR) is 80.7 cm³/mol. The van der Waals surface area contributed by atoms with Gasteiger partial charge >= 0.3 is 0 Å². The molecule has 96 valence electrons. The Morgan fingerprint density at radius 2 is 2.17 bits per heavy atom. The van der Waals surface area contributed by atoms with Crippen molar-refractivity contribution < 1.29 is 8.42 Å². The van der Waals surface area contributed by atoms with E-state index >= 15 is 0 Å². The third kappa shape index (κ3) is 2.78. The van der Waals surface area contributed by atoms with E-state index in [4.69, 9.17) is 5.73 Å². The van der Waals surface area contributed by atoms with Gasteiger partial charge in [0, 0.05) is 8.04 Å². The molecule has 9 heteroatoms. The molecule has 0 radical (unpaired) electrons. The fourth-order valence-corrected chi connectivity index (χ4v) is 3.38. The molecule has 1 aromatic carbocycles. The smallest absolute Gasteiger partial charge is 0.267 e. The molecule has 4 N–H and O–H groups in total. The largest absolute Gasteiger partial charge is 0.383 e. The van der Waals surface area contributed by atoms with Crippen molar-refractivity contribution in [1.82, 2.24) is 10.2 Å². The summed E-state index contributed by atoms with van der Waals surface area (Å²) in [7, 11) is -3.73. The first-order chi connectivity index (χ1) is 8.40. The van der Waals surface area contributed by atoms with Crippen LogP contribution in [0, 0.1) is 3.57 Å². The van der Waals surface area contributed by atoms with Crippen LogP contribution in [0.1, 0.15) is 0 Å². The molecule has 0 bridgehead atoms. The molecule has 0 aliphatic rings. The molecule has 0 aliphatic carbocycles. The van der Waals surface area contributed by atoms with Crippen LogP contribution in [0.3, 0.4) is 0 Å². The molecular formula is C9H8BrIN4O2S. The lowest BCUT2D eigenvalue weighted by Crippen LogP contribution is -2.14. The quantitative estimate of drug-likeness (QED) is 0.634. The topological polar surface area (TPSA) is 101 Å². The maximum absolute atomic E-state index is 12.1. The Labute approximate surface area is 126 Å². The number of halogens is 2. The minimum Gasteiger partial charge on any atom is -0.383 e. The van der Waals surface area contributed by atoms with Crippen molar-refractivity contribution in [2.45, 2.75) is 4.90 Å². The van der Waals surface area contributed by atoms with E-state index in [1.54, 1.807) is 12.1 Å². The van der Waals surface area contributed by atoms with Gasteiger partial charge in [-0.05, 0) is 40.8 Å². The Hall–Kier alpha value is -0.810. The fraction of sp³-hybridized carbons (Fsp3) is 0. The zero-order chi connectivity index (χ0) is 13.3. The number of sulfonamides is 1. The average Bonchev–Trinajstić information content (AvgIpc) is 2.70. The van der Waals surface area contributed by atoms with Gasteiger partial charge in [-0.25, -0.2) is 8.42 Å². The van der Waals surface area contributed by atoms with Crippen molar-refractivity contribution in [3.63, 3.8) is 0 Å². The second-order valence-electron chi connectivity index (χ2n) is 3.38. The van der Waals surface area contributed by atoms with Gasteiger partial charge in [-0.3, -0.25) is 9.82 Å². The van der Waals surface area contributed by atoms with E-state index in [9.17, 15) is 8.42 Å². The first kappa shape index (κ1) is 13.6. The number of aromatic nitrogens is 2. The van der Waals surface area contributed by atoms with Crippen LogP contribution < -0.4 is 10.5 Å². The third-order valence-corrected chi connectivity index (χ3v) is 4.92. The van der Waals surface area contributed by atoms with Gasteiger partial charge < -0.3 is 5.73 Å². The number of hydrogen-bond acceptors (Lipinski definition) is 4. The molecule has 1 aromatic heterocycles. The van der Waals surface area contributed by atoms with Gasteiger partial charge in [-0.1, -0.05) is 15.9 Å². The number of nitrogens with zero attached hydrogens (tertiary/aromatic N) is 1. The van der Waals surface area contributed by atoms with Crippen molar-refractivity contribution in [3.05, 3.63) is 32.4 Å². The van der Waals surface area contributed by atoms with Crippen molar-refractivity contribution in [1.29, 1.82) is 0 Å². The molecule has 1 heterocycles. The van der Waals surface area contributed by atoms with E-state index in [0.29, 0.717) is 5.69 Å². The van der Waals surface area contributed by atoms with Crippen LogP contribution in [0.15, 0.2) is 33.8 Å². The molecule has 0 unspecified atom stereocenters. The lowest BCUT2D eigenvalue weighted by atomic mass is 10.3. The standard InChI is InChI=1S/C9H8BrIN4O2S/c10-5-1-2-6(11)7(3-5)15-18(16,17)8-4-13-14-9(8)12/h1-4,15H,(H3,12,13,14). The van der Waals surface area contributed by atoms with Crippen molar-refractivity contribution in [2.75, 3.05) is 10.5 Å². The molecule has 2 aromatic rings. The minimum atomic E-state index is -3.73. The molecule has 2 rings (SSSR count). The molecule has 6 nitrogen and oxygen atoms in total. The molecule has 0 amide bonds. The summed E-state index contributed by atoms with van der Waals surface area (Å²) in [6, 6.07) is 5.29. The zero-order valence-electron chi connectivity index (χ0n) is 8.81. The van der Waals surface area contributed by atoms with E-state index in [2.05, 4.69) is 30.8 Å². The van der Waals surface area contributed by atoms with E-state index in [1.807, 2.05) is 28.7 Å². The number of rotatable bonds is 3. The molecular weight excluding hydrogens is 435 g/mol. The maximum atomic E-state index is 12.1. The van der Waals surface area contributed by atoms with Gasteiger partial charge in [-0.2, -0.15) is 5.10 Å². The van der Waals surface area contributed by atoms with Gasteiger partial charge in [0.05, 0.1) is 11.9 Å². The highest BCUT2D eigenvalue weighted by atomic mass is 127. The number of nitrogen functional groups attached to an aromatic ring is 1. The zero-order valence-corrected chi connectivity index (χ0v) is 13.4. The Kier molecular flexibility index (Phi) is 3.82. The van der Waals surface area contributed by atoms with Gasteiger partial charge in [0.15, 0.2) is 0 Å². The first-order valence-corrected chi connectivity index (χ1v) is 8.02. The second-order valence-corrected chi connectivity index (χ2v) is 7.11. The molecule has 18 heavy (non-hydrogen) atoms. The van der Waals surface area contributed by atoms with E-state index < -0.39 is 10.0 Å². The van der Waals surface area contributed by atoms with Crippen LogP contribution in [-0.4, -0.2) is 18.6 Å². The molecule has 0 aliphatic heterocycles. The van der Waals surface area contributed by atoms with Crippen molar-refractivity contribution in [2.24, 2.45) is 0 Å². The summed E-state index contributed by atoms with van der Waals surface area (Å²) in [5, 5.41) is 5.97. The van der Waals surface area contributed by atoms with Crippen LogP contribution in [0.5, 0.6) is 0 Å². The molecule has 0 saturated carbocycles. The van der Waals surface area contributed by atoms with E-state index in [1.165, 1.54) is 6.20 Å². The molecule has 0 saturated heterocycles. The fourth-order valence-electron chi connectivity index (χ4n) is 1.27. The normalized spacial score (nSPS) is 11.4. The van der Waals surface area contributed by atoms with E-state index in [-0.39, 0.29) is 10.7 Å². The summed E-state index contributed by atoms with van der Waals surface area (Å²) < 4.78 is 28.2. The van der Waals surface area contributed by atoms with Crippen LogP contribution in [0.2, 0.25) is 0 Å². The summed E-state index contributed by atoms with van der Waals surface area (Å²) in [5.41, 5.74) is 5.98. The summed E-state index contributed by atoms with van der Waals surface area (Å²) in [4.78, 5) is -0.0710. The van der Waals surface area contributed by atoms with Crippen molar-refractivity contribution >= 4 is 60.0 Å². The van der Waals surface area contributed by atoms with Crippen LogP contribution in [-0.2, 0) is 10.0 Å². The van der Waals surface area contributed by atoms with Crippen LogP contribution in [0.25, 0.3) is 0 Å². The number of hydrogen-bond donors (Lipinski definition) is 3. The first-order valence-electron chi connectivity index (χ1n) is 4.67. The van der Waals surface area contributed by atoms with Crippen molar-refractivity contribution in [3.8, 4) is 0 Å². The highest BCUT2D eigenvalue weighted by Crippen LogP contribution is 2.26. The van der Waals surface area contributed by atoms with E-state index in [0.717, 1.165) is 8.04 Å². The SMILES string of the molecule is Nc1[nH]ncc1S(=O)(=O)Nc1cc(Br)ccc1I.